The van der Waals surface area contributed by atoms with Gasteiger partial charge < -0.3 is 9.88 Å². The van der Waals surface area contributed by atoms with E-state index in [4.69, 9.17) is 0 Å². The third-order valence-corrected chi connectivity index (χ3v) is 3.54. The zero-order chi connectivity index (χ0) is 13.8. The van der Waals surface area contributed by atoms with Crippen molar-refractivity contribution in [2.45, 2.75) is 13.0 Å². The van der Waals surface area contributed by atoms with E-state index in [1.54, 1.807) is 0 Å². The van der Waals surface area contributed by atoms with Gasteiger partial charge >= 0.3 is 0 Å². The zero-order valence-electron chi connectivity index (χ0n) is 11.6. The Balaban J connectivity index is 1.63. The van der Waals surface area contributed by atoms with Crippen LogP contribution in [-0.2, 0) is 13.0 Å². The van der Waals surface area contributed by atoms with E-state index < -0.39 is 0 Å². The Morgan fingerprint density at radius 2 is 1.90 bits per heavy atom. The van der Waals surface area contributed by atoms with Gasteiger partial charge in [-0.15, -0.1) is 0 Å². The molecule has 1 N–H and O–H groups in total. The summed E-state index contributed by atoms with van der Waals surface area (Å²) in [5, 5.41) is 1.26. The van der Waals surface area contributed by atoms with Crippen molar-refractivity contribution in [3.05, 3.63) is 60.3 Å². The molecule has 0 unspecified atom stereocenters. The van der Waals surface area contributed by atoms with E-state index in [-0.39, 0.29) is 0 Å². The minimum Gasteiger partial charge on any atom is -0.360 e. The van der Waals surface area contributed by atoms with Crippen molar-refractivity contribution in [1.82, 2.24) is 19.9 Å². The number of hydrogen-bond donors (Lipinski definition) is 1. The molecule has 0 saturated heterocycles. The van der Waals surface area contributed by atoms with E-state index in [0.29, 0.717) is 0 Å². The van der Waals surface area contributed by atoms with Crippen LogP contribution in [0.3, 0.4) is 0 Å². The highest BCUT2D eigenvalue weighted by atomic mass is 15.1. The standard InChI is InChI=1S/C16H18N4/c1-20(9-5-13-2-6-17-7-3-13)12-14-10-19-16-11-18-8-4-15(14)16/h2-4,6-8,10-11,19H,5,9,12H2,1H3. The van der Waals surface area contributed by atoms with Gasteiger partial charge in [-0.25, -0.2) is 0 Å². The summed E-state index contributed by atoms with van der Waals surface area (Å²) in [4.78, 5) is 13.8. The number of rotatable bonds is 5. The molecule has 0 fully saturated rings. The third kappa shape index (κ3) is 2.86. The van der Waals surface area contributed by atoms with Crippen LogP contribution in [0.4, 0.5) is 0 Å². The first-order valence-electron chi connectivity index (χ1n) is 6.80. The highest BCUT2D eigenvalue weighted by molar-refractivity contribution is 5.82. The summed E-state index contributed by atoms with van der Waals surface area (Å²) in [5.41, 5.74) is 3.75. The lowest BCUT2D eigenvalue weighted by atomic mass is 10.1. The SMILES string of the molecule is CN(CCc1ccncc1)Cc1c[nH]c2cnccc12. The van der Waals surface area contributed by atoms with Gasteiger partial charge in [0.05, 0.1) is 11.7 Å². The Labute approximate surface area is 118 Å². The van der Waals surface area contributed by atoms with Crippen LogP contribution in [0.25, 0.3) is 10.9 Å². The first kappa shape index (κ1) is 12.8. The molecule has 3 aromatic rings. The van der Waals surface area contributed by atoms with Gasteiger partial charge in [-0.05, 0) is 42.8 Å². The lowest BCUT2D eigenvalue weighted by Gasteiger charge is -2.16. The Hall–Kier alpha value is -2.20. The summed E-state index contributed by atoms with van der Waals surface area (Å²) < 4.78 is 0. The predicted molar refractivity (Wildman–Crippen MR) is 80.4 cm³/mol. The van der Waals surface area contributed by atoms with Crippen molar-refractivity contribution in [3.63, 3.8) is 0 Å². The molecular weight excluding hydrogens is 248 g/mol. The molecule has 20 heavy (non-hydrogen) atoms. The Bertz CT molecular complexity index is 675. The third-order valence-electron chi connectivity index (χ3n) is 3.54. The van der Waals surface area contributed by atoms with Gasteiger partial charge in [0.1, 0.15) is 0 Å². The summed E-state index contributed by atoms with van der Waals surface area (Å²) in [6.45, 7) is 1.97. The van der Waals surface area contributed by atoms with Crippen LogP contribution >= 0.6 is 0 Å². The molecular formula is C16H18N4. The average molecular weight is 266 g/mol. The Kier molecular flexibility index (Phi) is 3.74. The molecule has 0 bridgehead atoms. The number of aromatic amines is 1. The summed E-state index contributed by atoms with van der Waals surface area (Å²) in [6, 6.07) is 6.22. The maximum atomic E-state index is 4.13. The highest BCUT2D eigenvalue weighted by Gasteiger charge is 2.06. The number of likely N-dealkylation sites (N-methyl/N-ethyl adjacent to an activating group) is 1. The normalized spacial score (nSPS) is 11.3. The second-order valence-electron chi connectivity index (χ2n) is 5.08. The molecule has 4 nitrogen and oxygen atoms in total. The van der Waals surface area contributed by atoms with Crippen LogP contribution in [-0.4, -0.2) is 33.4 Å². The summed E-state index contributed by atoms with van der Waals surface area (Å²) >= 11 is 0. The molecule has 0 aliphatic heterocycles. The number of nitrogens with zero attached hydrogens (tertiary/aromatic N) is 3. The van der Waals surface area contributed by atoms with Crippen molar-refractivity contribution in [2.75, 3.05) is 13.6 Å². The fourth-order valence-electron chi connectivity index (χ4n) is 2.40. The second kappa shape index (κ2) is 5.84. The number of fused-ring (bicyclic) bond motifs is 1. The molecule has 4 heteroatoms. The molecule has 102 valence electrons. The average Bonchev–Trinajstić information content (AvgIpc) is 2.90. The number of H-pyrrole nitrogens is 1. The molecule has 0 saturated carbocycles. The van der Waals surface area contributed by atoms with Crippen LogP contribution < -0.4 is 0 Å². The number of nitrogens with one attached hydrogen (secondary N) is 1. The maximum absolute atomic E-state index is 4.13. The van der Waals surface area contributed by atoms with Gasteiger partial charge in [0.15, 0.2) is 0 Å². The van der Waals surface area contributed by atoms with Gasteiger partial charge in [-0.3, -0.25) is 9.97 Å². The van der Waals surface area contributed by atoms with Crippen LogP contribution in [0, 0.1) is 0 Å². The smallest absolute Gasteiger partial charge is 0.0643 e. The summed E-state index contributed by atoms with van der Waals surface area (Å²) in [5.74, 6) is 0. The maximum Gasteiger partial charge on any atom is 0.0643 e. The van der Waals surface area contributed by atoms with E-state index in [0.717, 1.165) is 25.0 Å². The van der Waals surface area contributed by atoms with Crippen LogP contribution in [0.2, 0.25) is 0 Å². The van der Waals surface area contributed by atoms with Crippen LogP contribution in [0.15, 0.2) is 49.2 Å². The molecule has 0 amide bonds. The first-order chi connectivity index (χ1) is 9.83. The topological polar surface area (TPSA) is 44.8 Å². The van der Waals surface area contributed by atoms with E-state index in [9.17, 15) is 0 Å². The molecule has 0 aliphatic rings. The van der Waals surface area contributed by atoms with Gasteiger partial charge in [-0.2, -0.15) is 0 Å². The van der Waals surface area contributed by atoms with Crippen LogP contribution in [0.5, 0.6) is 0 Å². The summed E-state index contributed by atoms with van der Waals surface area (Å²) in [7, 11) is 2.15. The minimum absolute atomic E-state index is 0.940. The molecule has 0 aromatic carbocycles. The molecule has 3 aromatic heterocycles. The monoisotopic (exact) mass is 266 g/mol. The number of hydrogen-bond acceptors (Lipinski definition) is 3. The molecule has 3 heterocycles. The van der Waals surface area contributed by atoms with E-state index >= 15 is 0 Å². The quantitative estimate of drug-likeness (QED) is 0.772. The summed E-state index contributed by atoms with van der Waals surface area (Å²) in [6.07, 6.45) is 10.5. The Morgan fingerprint density at radius 1 is 1.10 bits per heavy atom. The lowest BCUT2D eigenvalue weighted by molar-refractivity contribution is 0.332. The predicted octanol–water partition coefficient (Wildman–Crippen LogP) is 2.63. The van der Waals surface area contributed by atoms with Crippen molar-refractivity contribution < 1.29 is 0 Å². The Morgan fingerprint density at radius 3 is 2.75 bits per heavy atom. The highest BCUT2D eigenvalue weighted by Crippen LogP contribution is 2.17. The molecule has 3 rings (SSSR count). The van der Waals surface area contributed by atoms with Gasteiger partial charge in [0.2, 0.25) is 0 Å². The lowest BCUT2D eigenvalue weighted by Crippen LogP contribution is -2.20. The van der Waals surface area contributed by atoms with Crippen molar-refractivity contribution in [1.29, 1.82) is 0 Å². The van der Waals surface area contributed by atoms with Crippen molar-refractivity contribution >= 4 is 10.9 Å². The molecule has 0 radical (unpaired) electrons. The van der Waals surface area contributed by atoms with Gasteiger partial charge in [0, 0.05) is 43.3 Å². The molecule has 0 aliphatic carbocycles. The fraction of sp³-hybridized carbons (Fsp3) is 0.250. The number of aromatic nitrogens is 3. The van der Waals surface area contributed by atoms with E-state index in [1.807, 2.05) is 24.8 Å². The minimum atomic E-state index is 0.940. The van der Waals surface area contributed by atoms with Crippen molar-refractivity contribution in [2.24, 2.45) is 0 Å². The first-order valence-corrected chi connectivity index (χ1v) is 6.80. The molecule has 0 atom stereocenters. The van der Waals surface area contributed by atoms with E-state index in [2.05, 4.69) is 51.3 Å². The van der Waals surface area contributed by atoms with Gasteiger partial charge in [-0.1, -0.05) is 0 Å². The zero-order valence-corrected chi connectivity index (χ0v) is 11.6. The van der Waals surface area contributed by atoms with E-state index in [1.165, 1.54) is 16.5 Å². The van der Waals surface area contributed by atoms with Crippen LogP contribution in [0.1, 0.15) is 11.1 Å². The second-order valence-corrected chi connectivity index (χ2v) is 5.08. The number of pyridine rings is 2. The molecule has 0 spiro atoms. The fourth-order valence-corrected chi connectivity index (χ4v) is 2.40. The van der Waals surface area contributed by atoms with Gasteiger partial charge in [0.25, 0.3) is 0 Å². The van der Waals surface area contributed by atoms with Crippen molar-refractivity contribution in [3.8, 4) is 0 Å². The largest absolute Gasteiger partial charge is 0.360 e.